The highest BCUT2D eigenvalue weighted by atomic mass is 19.1. The maximum atomic E-state index is 13.4. The quantitative estimate of drug-likeness (QED) is 0.664. The van der Waals surface area contributed by atoms with Gasteiger partial charge in [-0.25, -0.2) is 4.39 Å². The Morgan fingerprint density at radius 2 is 1.91 bits per heavy atom. The predicted molar refractivity (Wildman–Crippen MR) is 87.1 cm³/mol. The van der Waals surface area contributed by atoms with Crippen molar-refractivity contribution >= 4 is 0 Å². The zero-order chi connectivity index (χ0) is 16.5. The van der Waals surface area contributed by atoms with Crippen molar-refractivity contribution in [2.24, 2.45) is 0 Å². The second kappa shape index (κ2) is 8.79. The van der Waals surface area contributed by atoms with Crippen LogP contribution in [0.5, 0.6) is 11.5 Å². The molecule has 0 fully saturated rings. The molecule has 0 spiro atoms. The van der Waals surface area contributed by atoms with Crippen LogP contribution in [0.25, 0.3) is 0 Å². The molecular weight excluding hydrogens is 293 g/mol. The number of nitriles is 1. The van der Waals surface area contributed by atoms with Crippen molar-refractivity contribution in [1.82, 2.24) is 0 Å². The number of nitrogens with zero attached hydrogens (tertiary/aromatic N) is 1. The highest BCUT2D eigenvalue weighted by Gasteiger charge is 2.16. The van der Waals surface area contributed by atoms with E-state index in [0.717, 1.165) is 18.6 Å². The standard InChI is InChI=1S/C19H20FNO2/c1-22-19-11-10-16(20)13-18(19)15(14-21)7-5-6-12-23-17-8-3-2-4-9-17/h2-4,8-11,13,15H,5-7,12H2,1H3. The summed E-state index contributed by atoms with van der Waals surface area (Å²) < 4.78 is 24.3. The zero-order valence-corrected chi connectivity index (χ0v) is 13.2. The maximum absolute atomic E-state index is 13.4. The van der Waals surface area contributed by atoms with E-state index in [9.17, 15) is 9.65 Å². The normalized spacial score (nSPS) is 11.5. The highest BCUT2D eigenvalue weighted by molar-refractivity contribution is 5.39. The summed E-state index contributed by atoms with van der Waals surface area (Å²) in [4.78, 5) is 0. The molecule has 2 aromatic carbocycles. The van der Waals surface area contributed by atoms with E-state index in [1.54, 1.807) is 6.07 Å². The van der Waals surface area contributed by atoms with Gasteiger partial charge in [-0.2, -0.15) is 5.26 Å². The smallest absolute Gasteiger partial charge is 0.123 e. The van der Waals surface area contributed by atoms with Crippen molar-refractivity contribution in [2.45, 2.75) is 25.2 Å². The molecule has 0 radical (unpaired) electrons. The minimum absolute atomic E-state index is 0.353. The molecule has 0 aliphatic carbocycles. The monoisotopic (exact) mass is 313 g/mol. The zero-order valence-electron chi connectivity index (χ0n) is 13.2. The van der Waals surface area contributed by atoms with Crippen molar-refractivity contribution in [3.05, 3.63) is 59.9 Å². The second-order valence-electron chi connectivity index (χ2n) is 5.23. The number of hydrogen-bond acceptors (Lipinski definition) is 3. The molecule has 0 aromatic heterocycles. The molecular formula is C19H20FNO2. The van der Waals surface area contributed by atoms with E-state index in [2.05, 4.69) is 6.07 Å². The van der Waals surface area contributed by atoms with Crippen molar-refractivity contribution in [1.29, 1.82) is 5.26 Å². The van der Waals surface area contributed by atoms with Crippen molar-refractivity contribution in [3.63, 3.8) is 0 Å². The Morgan fingerprint density at radius 1 is 1.13 bits per heavy atom. The Morgan fingerprint density at radius 3 is 2.61 bits per heavy atom. The minimum atomic E-state index is -0.377. The molecule has 0 aliphatic heterocycles. The lowest BCUT2D eigenvalue weighted by molar-refractivity contribution is 0.304. The van der Waals surface area contributed by atoms with Crippen LogP contribution < -0.4 is 9.47 Å². The summed E-state index contributed by atoms with van der Waals surface area (Å²) in [5, 5.41) is 9.37. The minimum Gasteiger partial charge on any atom is -0.496 e. The number of hydrogen-bond donors (Lipinski definition) is 0. The molecule has 0 saturated carbocycles. The average molecular weight is 313 g/mol. The van der Waals surface area contributed by atoms with Gasteiger partial charge in [-0.3, -0.25) is 0 Å². The number of ether oxygens (including phenoxy) is 2. The van der Waals surface area contributed by atoms with Crippen LogP contribution in [0.3, 0.4) is 0 Å². The van der Waals surface area contributed by atoms with Crippen LogP contribution in [0, 0.1) is 17.1 Å². The summed E-state index contributed by atoms with van der Waals surface area (Å²) in [6.07, 6.45) is 2.31. The van der Waals surface area contributed by atoms with Gasteiger partial charge in [-0.15, -0.1) is 0 Å². The van der Waals surface area contributed by atoms with Gasteiger partial charge in [0.25, 0.3) is 0 Å². The number of rotatable bonds is 8. The van der Waals surface area contributed by atoms with Gasteiger partial charge in [0.15, 0.2) is 0 Å². The third-order valence-electron chi connectivity index (χ3n) is 3.62. The molecule has 0 N–H and O–H groups in total. The van der Waals surface area contributed by atoms with Crippen LogP contribution in [0.1, 0.15) is 30.7 Å². The maximum Gasteiger partial charge on any atom is 0.123 e. The van der Waals surface area contributed by atoms with Crippen LogP contribution in [0.15, 0.2) is 48.5 Å². The molecule has 0 amide bonds. The third kappa shape index (κ3) is 5.00. The Hall–Kier alpha value is -2.54. The molecule has 23 heavy (non-hydrogen) atoms. The summed E-state index contributed by atoms with van der Waals surface area (Å²) >= 11 is 0. The lowest BCUT2D eigenvalue weighted by Crippen LogP contribution is -2.02. The van der Waals surface area contributed by atoms with Gasteiger partial charge < -0.3 is 9.47 Å². The molecule has 0 bridgehead atoms. The van der Waals surface area contributed by atoms with E-state index >= 15 is 0 Å². The average Bonchev–Trinajstić information content (AvgIpc) is 2.59. The third-order valence-corrected chi connectivity index (χ3v) is 3.62. The molecule has 0 heterocycles. The Bertz CT molecular complexity index is 652. The summed E-state index contributed by atoms with van der Waals surface area (Å²) in [6, 6.07) is 16.1. The topological polar surface area (TPSA) is 42.2 Å². The number of benzene rings is 2. The van der Waals surface area contributed by atoms with Gasteiger partial charge in [0, 0.05) is 5.56 Å². The molecule has 4 heteroatoms. The number of methoxy groups -OCH3 is 1. The van der Waals surface area contributed by atoms with Crippen molar-refractivity contribution in [3.8, 4) is 17.6 Å². The Labute approximate surface area is 136 Å². The van der Waals surface area contributed by atoms with Crippen LogP contribution in [0.4, 0.5) is 4.39 Å². The SMILES string of the molecule is COc1ccc(F)cc1C(C#N)CCCCOc1ccccc1. The molecule has 3 nitrogen and oxygen atoms in total. The molecule has 2 aromatic rings. The molecule has 2 rings (SSSR count). The summed E-state index contributed by atoms with van der Waals surface area (Å²) in [6.45, 7) is 0.600. The van der Waals surface area contributed by atoms with Gasteiger partial charge >= 0.3 is 0 Å². The van der Waals surface area contributed by atoms with E-state index in [-0.39, 0.29) is 11.7 Å². The van der Waals surface area contributed by atoms with Gasteiger partial charge in [-0.1, -0.05) is 18.2 Å². The lowest BCUT2D eigenvalue weighted by atomic mass is 9.94. The first-order valence-electron chi connectivity index (χ1n) is 7.65. The number of para-hydroxylation sites is 1. The van der Waals surface area contributed by atoms with Crippen LogP contribution in [0.2, 0.25) is 0 Å². The van der Waals surface area contributed by atoms with E-state index in [1.165, 1.54) is 19.2 Å². The van der Waals surface area contributed by atoms with Crippen LogP contribution in [-0.4, -0.2) is 13.7 Å². The van der Waals surface area contributed by atoms with Crippen molar-refractivity contribution in [2.75, 3.05) is 13.7 Å². The van der Waals surface area contributed by atoms with E-state index < -0.39 is 0 Å². The predicted octanol–water partition coefficient (Wildman–Crippen LogP) is 4.69. The fourth-order valence-corrected chi connectivity index (χ4v) is 2.42. The lowest BCUT2D eigenvalue weighted by Gasteiger charge is -2.14. The largest absolute Gasteiger partial charge is 0.496 e. The number of unbranched alkanes of at least 4 members (excludes halogenated alkanes) is 1. The molecule has 0 aliphatic rings. The first-order valence-corrected chi connectivity index (χ1v) is 7.65. The molecule has 1 unspecified atom stereocenters. The van der Waals surface area contributed by atoms with E-state index in [1.807, 2.05) is 30.3 Å². The Balaban J connectivity index is 1.84. The van der Waals surface area contributed by atoms with Gasteiger partial charge in [0.1, 0.15) is 17.3 Å². The molecule has 1 atom stereocenters. The Kier molecular flexibility index (Phi) is 6.43. The summed E-state index contributed by atoms with van der Waals surface area (Å²) in [5.74, 6) is 0.667. The summed E-state index contributed by atoms with van der Waals surface area (Å²) in [5.41, 5.74) is 0.610. The fraction of sp³-hybridized carbons (Fsp3) is 0.316. The van der Waals surface area contributed by atoms with Gasteiger partial charge in [0.05, 0.1) is 25.7 Å². The molecule has 0 saturated heterocycles. The second-order valence-corrected chi connectivity index (χ2v) is 5.23. The van der Waals surface area contributed by atoms with Gasteiger partial charge in [0.2, 0.25) is 0 Å². The highest BCUT2D eigenvalue weighted by Crippen LogP contribution is 2.30. The summed E-state index contributed by atoms with van der Waals surface area (Å²) in [7, 11) is 1.53. The van der Waals surface area contributed by atoms with Gasteiger partial charge in [-0.05, 0) is 49.6 Å². The van der Waals surface area contributed by atoms with Crippen LogP contribution >= 0.6 is 0 Å². The molecule has 120 valence electrons. The van der Waals surface area contributed by atoms with E-state index in [0.29, 0.717) is 24.3 Å². The first-order chi connectivity index (χ1) is 11.2. The van der Waals surface area contributed by atoms with E-state index in [4.69, 9.17) is 9.47 Å². The fourth-order valence-electron chi connectivity index (χ4n) is 2.42. The first kappa shape index (κ1) is 16.8. The van der Waals surface area contributed by atoms with Crippen molar-refractivity contribution < 1.29 is 13.9 Å². The van der Waals surface area contributed by atoms with Crippen LogP contribution in [-0.2, 0) is 0 Å². The number of halogens is 1.